The van der Waals surface area contributed by atoms with Crippen molar-refractivity contribution in [2.24, 2.45) is 0 Å². The first-order chi connectivity index (χ1) is 11.6. The second kappa shape index (κ2) is 7.95. The zero-order valence-corrected chi connectivity index (χ0v) is 15.4. The van der Waals surface area contributed by atoms with Gasteiger partial charge in [-0.15, -0.1) is 11.3 Å². The van der Waals surface area contributed by atoms with E-state index in [2.05, 4.69) is 30.3 Å². The number of likely N-dealkylation sites (N-methyl/N-ethyl adjacent to an activating group) is 1. The Morgan fingerprint density at radius 1 is 1.25 bits per heavy atom. The molecule has 2 heterocycles. The van der Waals surface area contributed by atoms with Crippen molar-refractivity contribution in [3.63, 3.8) is 0 Å². The quantitative estimate of drug-likeness (QED) is 0.824. The molecule has 0 saturated carbocycles. The summed E-state index contributed by atoms with van der Waals surface area (Å²) in [7, 11) is 2.22. The molecule has 3 nitrogen and oxygen atoms in total. The van der Waals surface area contributed by atoms with Gasteiger partial charge in [0.25, 0.3) is 5.91 Å². The number of piperidine rings is 1. The summed E-state index contributed by atoms with van der Waals surface area (Å²) in [6, 6.07) is 12.5. The molecule has 0 atom stereocenters. The Bertz CT molecular complexity index is 659. The van der Waals surface area contributed by atoms with Crippen LogP contribution in [0.3, 0.4) is 0 Å². The van der Waals surface area contributed by atoms with Crippen LogP contribution in [-0.4, -0.2) is 48.4 Å². The second-order valence-electron chi connectivity index (χ2n) is 6.71. The number of carbonyl (C=O) groups excluding carboxylic acids is 1. The van der Waals surface area contributed by atoms with Crippen LogP contribution in [0.15, 0.2) is 41.8 Å². The summed E-state index contributed by atoms with van der Waals surface area (Å²) >= 11 is 1.86. The molecule has 1 aromatic carbocycles. The number of aryl methyl sites for hydroxylation is 1. The molecule has 1 amide bonds. The van der Waals surface area contributed by atoms with Crippen LogP contribution in [0, 0.1) is 6.92 Å². The van der Waals surface area contributed by atoms with E-state index in [-0.39, 0.29) is 5.91 Å². The van der Waals surface area contributed by atoms with E-state index in [9.17, 15) is 4.79 Å². The molecule has 1 fully saturated rings. The standard InChI is InChI=1S/C20H26N2OS/c1-16-14-19(24-15-16)10-11-21(2)18-8-12-22(13-9-18)20(23)17-6-4-3-5-7-17/h3-7,14-15,18H,8-13H2,1-2H3. The van der Waals surface area contributed by atoms with Crippen LogP contribution in [0.4, 0.5) is 0 Å². The summed E-state index contributed by atoms with van der Waals surface area (Å²) in [5.41, 5.74) is 2.17. The lowest BCUT2D eigenvalue weighted by Crippen LogP contribution is -2.46. The summed E-state index contributed by atoms with van der Waals surface area (Å²) < 4.78 is 0. The Hall–Kier alpha value is -1.65. The van der Waals surface area contributed by atoms with Crippen molar-refractivity contribution < 1.29 is 4.79 Å². The molecule has 0 unspecified atom stereocenters. The zero-order valence-electron chi connectivity index (χ0n) is 14.6. The number of hydrogen-bond donors (Lipinski definition) is 0. The van der Waals surface area contributed by atoms with Crippen LogP contribution in [0.5, 0.6) is 0 Å². The van der Waals surface area contributed by atoms with Gasteiger partial charge in [0.2, 0.25) is 0 Å². The lowest BCUT2D eigenvalue weighted by molar-refractivity contribution is 0.0647. The van der Waals surface area contributed by atoms with Crippen LogP contribution >= 0.6 is 11.3 Å². The number of thiophene rings is 1. The van der Waals surface area contributed by atoms with Gasteiger partial charge in [-0.2, -0.15) is 0 Å². The Morgan fingerprint density at radius 2 is 1.96 bits per heavy atom. The lowest BCUT2D eigenvalue weighted by Gasteiger charge is -2.36. The molecule has 0 aliphatic carbocycles. The molecular weight excluding hydrogens is 316 g/mol. The smallest absolute Gasteiger partial charge is 0.253 e. The Morgan fingerprint density at radius 3 is 2.58 bits per heavy atom. The van der Waals surface area contributed by atoms with Crippen molar-refractivity contribution in [2.45, 2.75) is 32.2 Å². The van der Waals surface area contributed by atoms with Gasteiger partial charge in [0.15, 0.2) is 0 Å². The average molecular weight is 343 g/mol. The zero-order chi connectivity index (χ0) is 16.9. The van der Waals surface area contributed by atoms with Gasteiger partial charge in [0.05, 0.1) is 0 Å². The van der Waals surface area contributed by atoms with Crippen LogP contribution < -0.4 is 0 Å². The molecule has 1 aliphatic heterocycles. The molecule has 0 bridgehead atoms. The molecule has 3 rings (SSSR count). The topological polar surface area (TPSA) is 23.6 Å². The minimum absolute atomic E-state index is 0.172. The lowest BCUT2D eigenvalue weighted by atomic mass is 10.0. The molecule has 1 aromatic heterocycles. The fourth-order valence-corrected chi connectivity index (χ4v) is 4.23. The Kier molecular flexibility index (Phi) is 5.69. The van der Waals surface area contributed by atoms with Gasteiger partial charge < -0.3 is 9.80 Å². The van der Waals surface area contributed by atoms with Crippen LogP contribution in [0.1, 0.15) is 33.6 Å². The number of hydrogen-bond acceptors (Lipinski definition) is 3. The molecule has 4 heteroatoms. The van der Waals surface area contributed by atoms with Crippen LogP contribution in [-0.2, 0) is 6.42 Å². The van der Waals surface area contributed by atoms with Gasteiger partial charge in [-0.3, -0.25) is 4.79 Å². The average Bonchev–Trinajstić information content (AvgIpc) is 3.05. The van der Waals surface area contributed by atoms with Crippen molar-refractivity contribution in [1.82, 2.24) is 9.80 Å². The van der Waals surface area contributed by atoms with Crippen LogP contribution in [0.25, 0.3) is 0 Å². The van der Waals surface area contributed by atoms with Crippen molar-refractivity contribution in [1.29, 1.82) is 0 Å². The minimum Gasteiger partial charge on any atom is -0.339 e. The monoisotopic (exact) mass is 342 g/mol. The number of carbonyl (C=O) groups is 1. The highest BCUT2D eigenvalue weighted by atomic mass is 32.1. The number of benzene rings is 1. The Labute approximate surface area is 148 Å². The van der Waals surface area contributed by atoms with Gasteiger partial charge in [0.1, 0.15) is 0 Å². The highest BCUT2D eigenvalue weighted by Crippen LogP contribution is 2.19. The van der Waals surface area contributed by atoms with Gasteiger partial charge in [0, 0.05) is 36.1 Å². The van der Waals surface area contributed by atoms with Crippen molar-refractivity contribution >= 4 is 17.2 Å². The van der Waals surface area contributed by atoms with E-state index in [1.54, 1.807) is 0 Å². The second-order valence-corrected chi connectivity index (χ2v) is 7.71. The number of likely N-dealkylation sites (tertiary alicyclic amines) is 1. The molecule has 0 spiro atoms. The largest absolute Gasteiger partial charge is 0.339 e. The SMILES string of the molecule is Cc1csc(CCN(C)C2CCN(C(=O)c3ccccc3)CC2)c1. The molecule has 128 valence electrons. The summed E-state index contributed by atoms with van der Waals surface area (Å²) in [6.07, 6.45) is 3.26. The number of rotatable bonds is 5. The predicted molar refractivity (Wildman–Crippen MR) is 101 cm³/mol. The first kappa shape index (κ1) is 17.2. The number of amides is 1. The van der Waals surface area contributed by atoms with Gasteiger partial charge in [-0.25, -0.2) is 0 Å². The first-order valence-corrected chi connectivity index (χ1v) is 9.60. The summed E-state index contributed by atoms with van der Waals surface area (Å²) in [5, 5.41) is 2.23. The van der Waals surface area contributed by atoms with Crippen molar-refractivity contribution in [3.8, 4) is 0 Å². The Balaban J connectivity index is 1.46. The van der Waals surface area contributed by atoms with E-state index < -0.39 is 0 Å². The molecule has 0 radical (unpaired) electrons. The third kappa shape index (κ3) is 4.25. The summed E-state index contributed by atoms with van der Waals surface area (Å²) in [5.74, 6) is 0.172. The first-order valence-electron chi connectivity index (χ1n) is 8.72. The molecular formula is C20H26N2OS. The molecule has 24 heavy (non-hydrogen) atoms. The van der Waals surface area contributed by atoms with Crippen molar-refractivity contribution in [2.75, 3.05) is 26.7 Å². The van der Waals surface area contributed by atoms with E-state index in [1.165, 1.54) is 10.4 Å². The van der Waals surface area contributed by atoms with E-state index >= 15 is 0 Å². The van der Waals surface area contributed by atoms with Gasteiger partial charge in [-0.05, 0) is 62.4 Å². The highest BCUT2D eigenvalue weighted by molar-refractivity contribution is 7.10. The summed E-state index contributed by atoms with van der Waals surface area (Å²) in [6.45, 7) is 4.97. The molecule has 2 aromatic rings. The summed E-state index contributed by atoms with van der Waals surface area (Å²) in [4.78, 5) is 18.4. The van der Waals surface area contributed by atoms with Crippen molar-refractivity contribution in [3.05, 3.63) is 57.8 Å². The molecule has 1 saturated heterocycles. The molecule has 1 aliphatic rings. The van der Waals surface area contributed by atoms with E-state index in [4.69, 9.17) is 0 Å². The normalized spacial score (nSPS) is 15.9. The van der Waals surface area contributed by atoms with E-state index in [0.29, 0.717) is 6.04 Å². The van der Waals surface area contributed by atoms with E-state index in [1.807, 2.05) is 46.6 Å². The maximum absolute atomic E-state index is 12.5. The van der Waals surface area contributed by atoms with Gasteiger partial charge in [-0.1, -0.05) is 18.2 Å². The highest BCUT2D eigenvalue weighted by Gasteiger charge is 2.25. The van der Waals surface area contributed by atoms with E-state index in [0.717, 1.165) is 44.5 Å². The minimum atomic E-state index is 0.172. The molecule has 0 N–H and O–H groups in total. The number of nitrogens with zero attached hydrogens (tertiary/aromatic N) is 2. The predicted octanol–water partition coefficient (Wildman–Crippen LogP) is 3.84. The fourth-order valence-electron chi connectivity index (χ4n) is 3.36. The third-order valence-corrected chi connectivity index (χ3v) is 6.01. The van der Waals surface area contributed by atoms with Gasteiger partial charge >= 0.3 is 0 Å². The maximum Gasteiger partial charge on any atom is 0.253 e. The maximum atomic E-state index is 12.5. The fraction of sp³-hybridized carbons (Fsp3) is 0.450. The van der Waals surface area contributed by atoms with Crippen LogP contribution in [0.2, 0.25) is 0 Å². The third-order valence-electron chi connectivity index (χ3n) is 4.89.